The van der Waals surface area contributed by atoms with Gasteiger partial charge in [0.15, 0.2) is 6.23 Å². The molecule has 0 amide bonds. The highest BCUT2D eigenvalue weighted by Gasteiger charge is 2.47. The van der Waals surface area contributed by atoms with Gasteiger partial charge >= 0.3 is 14.4 Å². The second-order valence-corrected chi connectivity index (χ2v) is 4.47. The van der Waals surface area contributed by atoms with Crippen LogP contribution in [-0.2, 0) is 18.6 Å². The number of nitrogens with one attached hydrogen (secondary N) is 1. The van der Waals surface area contributed by atoms with Crippen LogP contribution in [0, 0.1) is 0 Å². The summed E-state index contributed by atoms with van der Waals surface area (Å²) in [6.45, 7) is -0.394. The van der Waals surface area contributed by atoms with E-state index in [4.69, 9.17) is 14.0 Å². The molecule has 0 unspecified atom stereocenters. The Bertz CT molecular complexity index is 585. The lowest BCUT2D eigenvalue weighted by Crippen LogP contribution is -2.39. The fourth-order valence-corrected chi connectivity index (χ4v) is 2.49. The van der Waals surface area contributed by atoms with E-state index in [1.807, 2.05) is 0 Å². The van der Waals surface area contributed by atoms with Crippen LogP contribution in [0.5, 0.6) is 0 Å². The van der Waals surface area contributed by atoms with Crippen molar-refractivity contribution in [2.75, 3.05) is 13.7 Å². The fourth-order valence-electron chi connectivity index (χ4n) is 2.13. The highest BCUT2D eigenvalue weighted by molar-refractivity contribution is 7.17. The molecule has 4 atom stereocenters. The largest absolute Gasteiger partial charge is 0.394 e. The van der Waals surface area contributed by atoms with Gasteiger partial charge in [-0.3, -0.25) is 18.9 Å². The number of hydrogen-bond acceptors (Lipinski definition) is 7. The monoisotopic (exact) mass is 304 g/mol. The second kappa shape index (κ2) is 6.38. The summed E-state index contributed by atoms with van der Waals surface area (Å²) in [7, 11) is 0.781. The average Bonchev–Trinajstić information content (AvgIpc) is 2.77. The summed E-state index contributed by atoms with van der Waals surface area (Å²) in [4.78, 5) is 24.9. The standard InChI is InChI=1S/C10H13N2O7P/c1-17-8-7(19-20-16)5(4-13)18-9(8)12-3-2-6(14)11-10(12)15/h2-3,5,7-9,13H,4H2,1H3,(H,11,14,15)/t5-,7-,8-,9-/m1/s1. The van der Waals surface area contributed by atoms with E-state index in [0.717, 1.165) is 10.6 Å². The highest BCUT2D eigenvalue weighted by atomic mass is 31.1. The number of H-pyrrole nitrogens is 1. The van der Waals surface area contributed by atoms with Crippen molar-refractivity contribution in [3.8, 4) is 0 Å². The number of aliphatic hydroxyl groups excluding tert-OH is 1. The van der Waals surface area contributed by atoms with Crippen LogP contribution >= 0.6 is 8.69 Å². The molecule has 0 saturated carbocycles. The molecule has 1 aromatic heterocycles. The van der Waals surface area contributed by atoms with Gasteiger partial charge in [-0.05, 0) is 0 Å². The predicted molar refractivity (Wildman–Crippen MR) is 65.6 cm³/mol. The Morgan fingerprint density at radius 3 is 2.80 bits per heavy atom. The Labute approximate surface area is 114 Å². The molecule has 0 bridgehead atoms. The lowest BCUT2D eigenvalue weighted by atomic mass is 10.1. The van der Waals surface area contributed by atoms with Crippen molar-refractivity contribution in [3.63, 3.8) is 0 Å². The molecule has 9 nitrogen and oxygen atoms in total. The normalized spacial score (nSPS) is 29.9. The molecule has 1 saturated heterocycles. The quantitative estimate of drug-likeness (QED) is 0.672. The molecule has 20 heavy (non-hydrogen) atoms. The Kier molecular flexibility index (Phi) is 4.79. The van der Waals surface area contributed by atoms with Crippen LogP contribution in [-0.4, -0.2) is 46.7 Å². The molecule has 1 aliphatic heterocycles. The van der Waals surface area contributed by atoms with Crippen molar-refractivity contribution in [2.24, 2.45) is 0 Å². The third-order valence-corrected chi connectivity index (χ3v) is 3.36. The van der Waals surface area contributed by atoms with Gasteiger partial charge in [-0.25, -0.2) is 9.36 Å². The first-order valence-corrected chi connectivity index (χ1v) is 6.44. The lowest BCUT2D eigenvalue weighted by Gasteiger charge is -2.20. The van der Waals surface area contributed by atoms with Crippen LogP contribution in [0.3, 0.4) is 0 Å². The Morgan fingerprint density at radius 1 is 1.50 bits per heavy atom. The van der Waals surface area contributed by atoms with Gasteiger partial charge in [0.1, 0.15) is 18.3 Å². The zero-order valence-corrected chi connectivity index (χ0v) is 11.4. The molecule has 0 radical (unpaired) electrons. The van der Waals surface area contributed by atoms with Gasteiger partial charge in [0.05, 0.1) is 6.61 Å². The smallest absolute Gasteiger partial charge is 0.330 e. The predicted octanol–water partition coefficient (Wildman–Crippen LogP) is -0.967. The zero-order chi connectivity index (χ0) is 14.7. The van der Waals surface area contributed by atoms with Gasteiger partial charge in [-0.2, -0.15) is 0 Å². The fraction of sp³-hybridized carbons (Fsp3) is 0.600. The number of aromatic nitrogens is 2. The second-order valence-electron chi connectivity index (χ2n) is 4.11. The average molecular weight is 304 g/mol. The first-order chi connectivity index (χ1) is 9.62. The number of rotatable bonds is 5. The highest BCUT2D eigenvalue weighted by Crippen LogP contribution is 2.33. The van der Waals surface area contributed by atoms with Crippen molar-refractivity contribution in [1.82, 2.24) is 9.55 Å². The Balaban J connectivity index is 2.38. The van der Waals surface area contributed by atoms with E-state index in [2.05, 4.69) is 4.98 Å². The summed E-state index contributed by atoms with van der Waals surface area (Å²) < 4.78 is 27.4. The lowest BCUT2D eigenvalue weighted by molar-refractivity contribution is -0.0625. The number of nitrogens with zero attached hydrogens (tertiary/aromatic N) is 1. The van der Waals surface area contributed by atoms with Crippen molar-refractivity contribution < 1.29 is 23.7 Å². The van der Waals surface area contributed by atoms with Gasteiger partial charge < -0.3 is 14.6 Å². The van der Waals surface area contributed by atoms with Gasteiger partial charge in [0.25, 0.3) is 5.56 Å². The molecular formula is C10H13N2O7P. The zero-order valence-electron chi connectivity index (χ0n) is 10.5. The van der Waals surface area contributed by atoms with Crippen molar-refractivity contribution >= 4 is 8.69 Å². The third kappa shape index (κ3) is 2.72. The van der Waals surface area contributed by atoms with Gasteiger partial charge in [-0.1, -0.05) is 0 Å². The summed E-state index contributed by atoms with van der Waals surface area (Å²) in [5, 5.41) is 9.24. The van der Waals surface area contributed by atoms with Crippen LogP contribution in [0.4, 0.5) is 0 Å². The van der Waals surface area contributed by atoms with E-state index < -0.39 is 51.1 Å². The van der Waals surface area contributed by atoms with Crippen molar-refractivity contribution in [2.45, 2.75) is 24.5 Å². The van der Waals surface area contributed by atoms with E-state index in [1.165, 1.54) is 13.3 Å². The van der Waals surface area contributed by atoms with E-state index >= 15 is 0 Å². The maximum absolute atomic E-state index is 11.8. The van der Waals surface area contributed by atoms with E-state index in [1.54, 1.807) is 0 Å². The first-order valence-electron chi connectivity index (χ1n) is 5.71. The SMILES string of the molecule is CO[C@@H]1[C@H](OP=O)[C@@H](CO)O[C@H]1n1ccc(=O)[nH]c1=O. The number of ether oxygens (including phenoxy) is 2. The van der Waals surface area contributed by atoms with E-state index in [-0.39, 0.29) is 0 Å². The molecule has 2 N–H and O–H groups in total. The van der Waals surface area contributed by atoms with Gasteiger partial charge in [0.2, 0.25) is 0 Å². The minimum Gasteiger partial charge on any atom is -0.394 e. The first kappa shape index (κ1) is 15.0. The van der Waals surface area contributed by atoms with Crippen LogP contribution in [0.2, 0.25) is 0 Å². The molecule has 2 rings (SSSR count). The third-order valence-electron chi connectivity index (χ3n) is 3.03. The molecular weight excluding hydrogens is 291 g/mol. The Hall–Kier alpha value is -1.38. The number of methoxy groups -OCH3 is 1. The molecule has 1 fully saturated rings. The number of aromatic amines is 1. The van der Waals surface area contributed by atoms with E-state index in [9.17, 15) is 19.3 Å². The minimum atomic E-state index is -0.909. The Morgan fingerprint density at radius 2 is 2.25 bits per heavy atom. The van der Waals surface area contributed by atoms with Crippen LogP contribution in [0.15, 0.2) is 21.9 Å². The molecule has 2 heterocycles. The van der Waals surface area contributed by atoms with E-state index in [0.29, 0.717) is 0 Å². The summed E-state index contributed by atoms with van der Waals surface area (Å²) in [6, 6.07) is 1.16. The molecule has 110 valence electrons. The summed E-state index contributed by atoms with van der Waals surface area (Å²) in [6.07, 6.45) is -2.03. The van der Waals surface area contributed by atoms with Crippen molar-refractivity contribution in [1.29, 1.82) is 0 Å². The van der Waals surface area contributed by atoms with Gasteiger partial charge in [-0.15, -0.1) is 0 Å². The van der Waals surface area contributed by atoms with Crippen LogP contribution in [0.1, 0.15) is 6.23 Å². The summed E-state index contributed by atoms with van der Waals surface area (Å²) >= 11 is 0. The number of hydrogen-bond donors (Lipinski definition) is 2. The molecule has 1 aromatic rings. The van der Waals surface area contributed by atoms with Crippen LogP contribution < -0.4 is 11.2 Å². The molecule has 0 aliphatic carbocycles. The molecule has 0 spiro atoms. The molecule has 10 heteroatoms. The van der Waals surface area contributed by atoms with Crippen molar-refractivity contribution in [3.05, 3.63) is 33.1 Å². The maximum atomic E-state index is 11.8. The van der Waals surface area contributed by atoms with Gasteiger partial charge in [0, 0.05) is 19.4 Å². The molecule has 0 aromatic carbocycles. The maximum Gasteiger partial charge on any atom is 0.330 e. The van der Waals surface area contributed by atoms with Crippen LogP contribution in [0.25, 0.3) is 0 Å². The summed E-state index contributed by atoms with van der Waals surface area (Å²) in [5.41, 5.74) is -1.22. The minimum absolute atomic E-state index is 0.394. The topological polar surface area (TPSA) is 120 Å². The summed E-state index contributed by atoms with van der Waals surface area (Å²) in [5.74, 6) is 0. The number of aliphatic hydroxyl groups is 1. The molecule has 1 aliphatic rings.